The summed E-state index contributed by atoms with van der Waals surface area (Å²) in [4.78, 5) is 11.9. The van der Waals surface area contributed by atoms with Crippen molar-refractivity contribution in [2.45, 2.75) is 65.4 Å². The van der Waals surface area contributed by atoms with Crippen LogP contribution in [0.1, 0.15) is 59.3 Å². The molecule has 0 saturated heterocycles. The second-order valence-electron chi connectivity index (χ2n) is 7.26. The molecule has 2 saturated carbocycles. The van der Waals surface area contributed by atoms with E-state index >= 15 is 0 Å². The Morgan fingerprint density at radius 2 is 2.00 bits per heavy atom. The van der Waals surface area contributed by atoms with Gasteiger partial charge in [-0.1, -0.05) is 12.5 Å². The van der Waals surface area contributed by atoms with Gasteiger partial charge in [0.05, 0.1) is 6.10 Å². The lowest BCUT2D eigenvalue weighted by atomic mass is 9.56. The highest BCUT2D eigenvalue weighted by molar-refractivity contribution is 5.96. The number of rotatable bonds is 1. The molecule has 0 radical (unpaired) electrons. The second kappa shape index (κ2) is 4.44. The largest absolute Gasteiger partial charge is 0.393 e. The van der Waals surface area contributed by atoms with E-state index in [0.717, 1.165) is 37.7 Å². The van der Waals surface area contributed by atoms with Gasteiger partial charge in [-0.3, -0.25) is 4.79 Å². The molecule has 2 nitrogen and oxygen atoms in total. The first kappa shape index (κ1) is 13.4. The Morgan fingerprint density at radius 1 is 1.26 bits per heavy atom. The van der Waals surface area contributed by atoms with Crippen LogP contribution in [0.15, 0.2) is 11.1 Å². The van der Waals surface area contributed by atoms with Gasteiger partial charge in [-0.25, -0.2) is 0 Å². The highest BCUT2D eigenvalue weighted by Gasteiger charge is 2.54. The molecule has 3 aliphatic rings. The average molecular weight is 262 g/mol. The first-order chi connectivity index (χ1) is 8.95. The number of carbonyl (C=O) groups excluding carboxylic acids is 1. The zero-order valence-corrected chi connectivity index (χ0v) is 12.4. The minimum Gasteiger partial charge on any atom is -0.393 e. The summed E-state index contributed by atoms with van der Waals surface area (Å²) in [6.45, 7) is 6.39. The normalized spacial score (nSPS) is 44.0. The fraction of sp³-hybridized carbons (Fsp3) is 0.824. The van der Waals surface area contributed by atoms with Crippen molar-refractivity contribution < 1.29 is 9.90 Å². The predicted molar refractivity (Wildman–Crippen MR) is 75.7 cm³/mol. The summed E-state index contributed by atoms with van der Waals surface area (Å²) in [5.74, 6) is 2.15. The van der Waals surface area contributed by atoms with E-state index in [0.29, 0.717) is 29.0 Å². The van der Waals surface area contributed by atoms with Gasteiger partial charge in [0.15, 0.2) is 5.78 Å². The maximum atomic E-state index is 11.9. The van der Waals surface area contributed by atoms with Crippen LogP contribution in [-0.2, 0) is 4.79 Å². The SMILES string of the molecule is CC1=C2CCC3(C)C(CCC3[C@H](C)O)C2CCC1=O. The zero-order valence-electron chi connectivity index (χ0n) is 12.4. The number of fused-ring (bicyclic) bond motifs is 3. The van der Waals surface area contributed by atoms with Crippen LogP contribution >= 0.6 is 0 Å². The summed E-state index contributed by atoms with van der Waals surface area (Å²) < 4.78 is 0. The molecule has 0 aliphatic heterocycles. The van der Waals surface area contributed by atoms with Crippen LogP contribution in [-0.4, -0.2) is 17.0 Å². The van der Waals surface area contributed by atoms with Crippen molar-refractivity contribution >= 4 is 5.78 Å². The molecule has 0 amide bonds. The van der Waals surface area contributed by atoms with Crippen molar-refractivity contribution in [2.24, 2.45) is 23.2 Å². The molecule has 0 spiro atoms. The summed E-state index contributed by atoms with van der Waals surface area (Å²) in [7, 11) is 0. The smallest absolute Gasteiger partial charge is 0.158 e. The van der Waals surface area contributed by atoms with Crippen LogP contribution in [0.4, 0.5) is 0 Å². The molecule has 106 valence electrons. The number of carbonyl (C=O) groups is 1. The Kier molecular flexibility index (Phi) is 3.12. The number of ketones is 1. The number of hydrogen-bond acceptors (Lipinski definition) is 2. The molecule has 2 heteroatoms. The number of allylic oxidation sites excluding steroid dienone is 2. The van der Waals surface area contributed by atoms with Crippen LogP contribution in [0, 0.1) is 23.2 Å². The summed E-state index contributed by atoms with van der Waals surface area (Å²) >= 11 is 0. The molecule has 2 fully saturated rings. The molecule has 3 aliphatic carbocycles. The summed E-state index contributed by atoms with van der Waals surface area (Å²) in [5, 5.41) is 10.1. The molecule has 1 N–H and O–H groups in total. The monoisotopic (exact) mass is 262 g/mol. The van der Waals surface area contributed by atoms with E-state index < -0.39 is 0 Å². The third kappa shape index (κ3) is 1.83. The lowest BCUT2D eigenvalue weighted by Gasteiger charge is -2.48. The lowest BCUT2D eigenvalue weighted by molar-refractivity contribution is -0.117. The van der Waals surface area contributed by atoms with Crippen molar-refractivity contribution in [3.63, 3.8) is 0 Å². The van der Waals surface area contributed by atoms with Gasteiger partial charge < -0.3 is 5.11 Å². The average Bonchev–Trinajstić information content (AvgIpc) is 2.71. The maximum absolute atomic E-state index is 11.9. The van der Waals surface area contributed by atoms with Crippen molar-refractivity contribution in [2.75, 3.05) is 0 Å². The third-order valence-electron chi connectivity index (χ3n) is 6.51. The molecule has 4 unspecified atom stereocenters. The summed E-state index contributed by atoms with van der Waals surface area (Å²) in [5.41, 5.74) is 2.83. The quantitative estimate of drug-likeness (QED) is 0.785. The van der Waals surface area contributed by atoms with E-state index in [1.165, 1.54) is 12.0 Å². The summed E-state index contributed by atoms with van der Waals surface area (Å²) in [6.07, 6.45) is 6.25. The van der Waals surface area contributed by atoms with E-state index in [9.17, 15) is 9.90 Å². The Hall–Kier alpha value is -0.630. The molecule has 0 aromatic rings. The Bertz CT molecular complexity index is 435. The van der Waals surface area contributed by atoms with Gasteiger partial charge in [0.25, 0.3) is 0 Å². The predicted octanol–water partition coefficient (Wildman–Crippen LogP) is 3.49. The highest BCUT2D eigenvalue weighted by Crippen LogP contribution is 2.61. The van der Waals surface area contributed by atoms with E-state index in [1.54, 1.807) is 0 Å². The Labute approximate surface area is 116 Å². The van der Waals surface area contributed by atoms with Crippen LogP contribution in [0.2, 0.25) is 0 Å². The molecular formula is C17H26O2. The van der Waals surface area contributed by atoms with Gasteiger partial charge in [0.2, 0.25) is 0 Å². The fourth-order valence-corrected chi connectivity index (χ4v) is 5.44. The molecular weight excluding hydrogens is 236 g/mol. The number of Topliss-reactive ketones (excluding diaryl/α,β-unsaturated/α-hetero) is 1. The fourth-order valence-electron chi connectivity index (χ4n) is 5.44. The Balaban J connectivity index is 1.95. The van der Waals surface area contributed by atoms with Crippen molar-refractivity contribution in [1.82, 2.24) is 0 Å². The maximum Gasteiger partial charge on any atom is 0.158 e. The van der Waals surface area contributed by atoms with Crippen molar-refractivity contribution in [3.05, 3.63) is 11.1 Å². The molecule has 0 heterocycles. The van der Waals surface area contributed by atoms with Gasteiger partial charge in [-0.15, -0.1) is 0 Å². The van der Waals surface area contributed by atoms with E-state index in [1.807, 2.05) is 13.8 Å². The van der Waals surface area contributed by atoms with Gasteiger partial charge in [-0.2, -0.15) is 0 Å². The van der Waals surface area contributed by atoms with Crippen LogP contribution in [0.3, 0.4) is 0 Å². The molecule has 0 aromatic heterocycles. The van der Waals surface area contributed by atoms with Crippen molar-refractivity contribution in [1.29, 1.82) is 0 Å². The standard InChI is InChI=1S/C17H26O2/c1-10-12-8-9-17(3)14(11(2)18)5-6-15(17)13(12)4-7-16(10)19/h11,13-15,18H,4-9H2,1-3H3/t11-,13?,14?,15?,17?/m0/s1. The van der Waals surface area contributed by atoms with Gasteiger partial charge in [0.1, 0.15) is 0 Å². The highest BCUT2D eigenvalue weighted by atomic mass is 16.3. The van der Waals surface area contributed by atoms with Gasteiger partial charge in [-0.05, 0) is 74.7 Å². The Morgan fingerprint density at radius 3 is 2.68 bits per heavy atom. The first-order valence-corrected chi connectivity index (χ1v) is 7.86. The molecule has 3 rings (SSSR count). The van der Waals surface area contributed by atoms with Gasteiger partial charge >= 0.3 is 0 Å². The van der Waals surface area contributed by atoms with Crippen LogP contribution in [0.25, 0.3) is 0 Å². The third-order valence-corrected chi connectivity index (χ3v) is 6.51. The van der Waals surface area contributed by atoms with E-state index in [-0.39, 0.29) is 6.10 Å². The minimum atomic E-state index is -0.188. The van der Waals surface area contributed by atoms with E-state index in [2.05, 4.69) is 6.92 Å². The molecule has 0 aromatic carbocycles. The number of hydrogen-bond donors (Lipinski definition) is 1. The zero-order chi connectivity index (χ0) is 13.8. The first-order valence-electron chi connectivity index (χ1n) is 7.86. The van der Waals surface area contributed by atoms with E-state index in [4.69, 9.17) is 0 Å². The topological polar surface area (TPSA) is 37.3 Å². The molecule has 5 atom stereocenters. The molecule has 19 heavy (non-hydrogen) atoms. The minimum absolute atomic E-state index is 0.188. The molecule has 0 bridgehead atoms. The van der Waals surface area contributed by atoms with Crippen LogP contribution in [0.5, 0.6) is 0 Å². The number of aliphatic hydroxyl groups excluding tert-OH is 1. The second-order valence-corrected chi connectivity index (χ2v) is 7.26. The summed E-state index contributed by atoms with van der Waals surface area (Å²) in [6, 6.07) is 0. The van der Waals surface area contributed by atoms with Crippen molar-refractivity contribution in [3.8, 4) is 0 Å². The number of aliphatic hydroxyl groups is 1. The van der Waals surface area contributed by atoms with Crippen LogP contribution < -0.4 is 0 Å². The van der Waals surface area contributed by atoms with Gasteiger partial charge in [0, 0.05) is 6.42 Å². The lowest BCUT2D eigenvalue weighted by Crippen LogP contribution is -2.42.